The topological polar surface area (TPSA) is 71.1 Å². The average molecular weight is 295 g/mol. The Morgan fingerprint density at radius 2 is 2.15 bits per heavy atom. The molecule has 1 fully saturated rings. The number of hydrogen-bond donors (Lipinski definition) is 2. The molecule has 0 spiro atoms. The van der Waals surface area contributed by atoms with Crippen LogP contribution in [0, 0.1) is 0 Å². The van der Waals surface area contributed by atoms with E-state index >= 15 is 0 Å². The summed E-state index contributed by atoms with van der Waals surface area (Å²) >= 11 is 1.56. The molecule has 1 saturated heterocycles. The summed E-state index contributed by atoms with van der Waals surface area (Å²) in [6, 6.07) is 5.76. The average Bonchev–Trinajstić information content (AvgIpc) is 2.48. The Balaban J connectivity index is 2.22. The molecule has 3 N–H and O–H groups in total. The normalized spacial score (nSPS) is 18.2. The van der Waals surface area contributed by atoms with E-state index in [0.717, 1.165) is 30.8 Å². The van der Waals surface area contributed by atoms with Crippen LogP contribution in [0.1, 0.15) is 18.4 Å². The largest absolute Gasteiger partial charge is 0.490 e. The van der Waals surface area contributed by atoms with Gasteiger partial charge in [0.15, 0.2) is 5.84 Å². The fourth-order valence-corrected chi connectivity index (χ4v) is 2.99. The predicted molar refractivity (Wildman–Crippen MR) is 81.9 cm³/mol. The lowest BCUT2D eigenvalue weighted by atomic mass is 10.1. The standard InChI is InChI=1S/C14H21N3O2S/c1-17-8-6-10(7-9-17)19-11-4-3-5-12(20-2)13(11)14(15)16-18/h3-5,10,18H,6-9H2,1-2H3,(H2,15,16). The van der Waals surface area contributed by atoms with E-state index in [0.29, 0.717) is 11.3 Å². The molecule has 0 aromatic heterocycles. The Morgan fingerprint density at radius 3 is 2.75 bits per heavy atom. The predicted octanol–water partition coefficient (Wildman–Crippen LogP) is 1.98. The first-order valence-corrected chi connectivity index (χ1v) is 7.88. The van der Waals surface area contributed by atoms with Crippen LogP contribution in [0.25, 0.3) is 0 Å². The minimum Gasteiger partial charge on any atom is -0.490 e. The van der Waals surface area contributed by atoms with Crippen molar-refractivity contribution in [1.82, 2.24) is 4.90 Å². The van der Waals surface area contributed by atoms with E-state index in [9.17, 15) is 0 Å². The maximum absolute atomic E-state index is 8.96. The highest BCUT2D eigenvalue weighted by molar-refractivity contribution is 7.98. The smallest absolute Gasteiger partial charge is 0.174 e. The lowest BCUT2D eigenvalue weighted by molar-refractivity contribution is 0.114. The molecule has 6 heteroatoms. The molecule has 2 rings (SSSR count). The van der Waals surface area contributed by atoms with Gasteiger partial charge < -0.3 is 20.6 Å². The van der Waals surface area contributed by atoms with Crippen molar-refractivity contribution in [3.05, 3.63) is 23.8 Å². The van der Waals surface area contributed by atoms with Crippen LogP contribution in [0.3, 0.4) is 0 Å². The number of rotatable bonds is 4. The molecule has 1 aliphatic heterocycles. The van der Waals surface area contributed by atoms with Crippen molar-refractivity contribution in [2.45, 2.75) is 23.8 Å². The van der Waals surface area contributed by atoms with Crippen molar-refractivity contribution in [3.63, 3.8) is 0 Å². The minimum atomic E-state index is 0.0953. The highest BCUT2D eigenvalue weighted by atomic mass is 32.2. The van der Waals surface area contributed by atoms with Gasteiger partial charge in [-0.2, -0.15) is 0 Å². The Labute approximate surface area is 123 Å². The highest BCUT2D eigenvalue weighted by Gasteiger charge is 2.21. The summed E-state index contributed by atoms with van der Waals surface area (Å²) in [7, 11) is 2.12. The monoisotopic (exact) mass is 295 g/mol. The Kier molecular flexibility index (Phi) is 5.14. The third-order valence-electron chi connectivity index (χ3n) is 3.53. The van der Waals surface area contributed by atoms with Crippen molar-refractivity contribution >= 4 is 17.6 Å². The number of nitrogens with two attached hydrogens (primary N) is 1. The third kappa shape index (κ3) is 3.37. The van der Waals surface area contributed by atoms with Crippen LogP contribution in [0.15, 0.2) is 28.3 Å². The van der Waals surface area contributed by atoms with E-state index in [1.165, 1.54) is 0 Å². The van der Waals surface area contributed by atoms with E-state index < -0.39 is 0 Å². The Bertz CT molecular complexity index is 485. The zero-order chi connectivity index (χ0) is 14.5. The van der Waals surface area contributed by atoms with Gasteiger partial charge in [-0.15, -0.1) is 11.8 Å². The molecule has 1 aromatic carbocycles. The van der Waals surface area contributed by atoms with Gasteiger partial charge in [0, 0.05) is 18.0 Å². The molecule has 0 saturated carbocycles. The molecular formula is C14H21N3O2S. The first kappa shape index (κ1) is 15.0. The molecule has 0 radical (unpaired) electrons. The van der Waals surface area contributed by atoms with E-state index in [-0.39, 0.29) is 11.9 Å². The summed E-state index contributed by atoms with van der Waals surface area (Å²) < 4.78 is 6.09. The molecular weight excluding hydrogens is 274 g/mol. The number of piperidine rings is 1. The van der Waals surface area contributed by atoms with E-state index in [4.69, 9.17) is 15.7 Å². The van der Waals surface area contributed by atoms with Crippen molar-refractivity contribution < 1.29 is 9.94 Å². The van der Waals surface area contributed by atoms with Crippen LogP contribution >= 0.6 is 11.8 Å². The number of ether oxygens (including phenoxy) is 1. The molecule has 5 nitrogen and oxygen atoms in total. The second kappa shape index (κ2) is 6.85. The first-order chi connectivity index (χ1) is 9.65. The number of oxime groups is 1. The number of nitrogens with zero attached hydrogens (tertiary/aromatic N) is 2. The zero-order valence-corrected chi connectivity index (χ0v) is 12.7. The summed E-state index contributed by atoms with van der Waals surface area (Å²) in [5, 5.41) is 12.1. The minimum absolute atomic E-state index is 0.0953. The summed E-state index contributed by atoms with van der Waals surface area (Å²) in [6.45, 7) is 2.07. The number of hydrogen-bond acceptors (Lipinski definition) is 5. The molecule has 1 aromatic rings. The molecule has 1 heterocycles. The number of thioether (sulfide) groups is 1. The second-order valence-electron chi connectivity index (χ2n) is 4.94. The molecule has 0 aliphatic carbocycles. The second-order valence-corrected chi connectivity index (χ2v) is 5.79. The molecule has 20 heavy (non-hydrogen) atoms. The van der Waals surface area contributed by atoms with E-state index in [2.05, 4.69) is 17.1 Å². The van der Waals surface area contributed by atoms with Gasteiger partial charge in [0.25, 0.3) is 0 Å². The van der Waals surface area contributed by atoms with Crippen LogP contribution in [0.2, 0.25) is 0 Å². The van der Waals surface area contributed by atoms with Crippen LogP contribution < -0.4 is 10.5 Å². The number of amidine groups is 1. The van der Waals surface area contributed by atoms with Crippen LogP contribution in [-0.2, 0) is 0 Å². The van der Waals surface area contributed by atoms with Crippen LogP contribution in [0.5, 0.6) is 5.75 Å². The lowest BCUT2D eigenvalue weighted by Crippen LogP contribution is -2.36. The zero-order valence-electron chi connectivity index (χ0n) is 11.9. The van der Waals surface area contributed by atoms with E-state index in [1.807, 2.05) is 24.5 Å². The number of benzene rings is 1. The quantitative estimate of drug-likeness (QED) is 0.292. The SMILES string of the molecule is CSc1cccc(OC2CCN(C)CC2)c1/C(N)=N/O. The molecule has 0 atom stereocenters. The van der Waals surface area contributed by atoms with Crippen LogP contribution in [0.4, 0.5) is 0 Å². The van der Waals surface area contributed by atoms with Gasteiger partial charge >= 0.3 is 0 Å². The molecule has 0 unspecified atom stereocenters. The van der Waals surface area contributed by atoms with E-state index in [1.54, 1.807) is 11.8 Å². The van der Waals surface area contributed by atoms with Crippen LogP contribution in [-0.4, -0.2) is 48.4 Å². The maximum atomic E-state index is 8.96. The Morgan fingerprint density at radius 1 is 1.45 bits per heavy atom. The fraction of sp³-hybridized carbons (Fsp3) is 0.500. The highest BCUT2D eigenvalue weighted by Crippen LogP contribution is 2.30. The summed E-state index contributed by atoms with van der Waals surface area (Å²) in [4.78, 5) is 3.24. The van der Waals surface area contributed by atoms with Gasteiger partial charge in [-0.1, -0.05) is 11.2 Å². The molecule has 0 bridgehead atoms. The summed E-state index contributed by atoms with van der Waals surface area (Å²) in [5.41, 5.74) is 6.48. The first-order valence-electron chi connectivity index (χ1n) is 6.65. The third-order valence-corrected chi connectivity index (χ3v) is 4.31. The van der Waals surface area contributed by atoms with Crippen molar-refractivity contribution in [2.24, 2.45) is 10.9 Å². The summed E-state index contributed by atoms with van der Waals surface area (Å²) in [6.07, 6.45) is 4.14. The van der Waals surface area contributed by atoms with Crippen molar-refractivity contribution in [3.8, 4) is 5.75 Å². The van der Waals surface area contributed by atoms with Gasteiger partial charge in [0.2, 0.25) is 0 Å². The van der Waals surface area contributed by atoms with Gasteiger partial charge in [-0.05, 0) is 38.3 Å². The number of likely N-dealkylation sites (tertiary alicyclic amines) is 1. The van der Waals surface area contributed by atoms with Crippen molar-refractivity contribution in [2.75, 3.05) is 26.4 Å². The van der Waals surface area contributed by atoms with Crippen molar-refractivity contribution in [1.29, 1.82) is 0 Å². The van der Waals surface area contributed by atoms with Gasteiger partial charge in [0.1, 0.15) is 11.9 Å². The molecule has 110 valence electrons. The van der Waals surface area contributed by atoms with Gasteiger partial charge in [0.05, 0.1) is 5.56 Å². The van der Waals surface area contributed by atoms with Gasteiger partial charge in [-0.3, -0.25) is 0 Å². The van der Waals surface area contributed by atoms with Gasteiger partial charge in [-0.25, -0.2) is 0 Å². The summed E-state index contributed by atoms with van der Waals surface area (Å²) in [5.74, 6) is 0.791. The molecule has 1 aliphatic rings. The molecule has 0 amide bonds. The maximum Gasteiger partial charge on any atom is 0.174 e. The lowest BCUT2D eigenvalue weighted by Gasteiger charge is -2.30. The Hall–Kier alpha value is -1.40. The fourth-order valence-electron chi connectivity index (χ4n) is 2.36.